The Morgan fingerprint density at radius 3 is 2.52 bits per heavy atom. The molecule has 7 nitrogen and oxygen atoms in total. The van der Waals surface area contributed by atoms with E-state index in [4.69, 9.17) is 0 Å². The van der Waals surface area contributed by atoms with Crippen molar-refractivity contribution in [3.63, 3.8) is 0 Å². The van der Waals surface area contributed by atoms with Crippen molar-refractivity contribution in [1.29, 1.82) is 0 Å². The summed E-state index contributed by atoms with van der Waals surface area (Å²) in [6, 6.07) is 15.5. The van der Waals surface area contributed by atoms with E-state index in [1.165, 1.54) is 23.9 Å². The number of piperidine rings is 1. The van der Waals surface area contributed by atoms with Crippen LogP contribution in [0.4, 0.5) is 11.4 Å². The topological polar surface area (TPSA) is 92.6 Å². The molecule has 2 aromatic rings. The number of likely N-dealkylation sites (tertiary alicyclic amines) is 1. The summed E-state index contributed by atoms with van der Waals surface area (Å²) in [6.45, 7) is 2.86. The molecule has 2 atom stereocenters. The Labute approximate surface area is 173 Å². The van der Waals surface area contributed by atoms with Gasteiger partial charge in [-0.15, -0.1) is 11.8 Å². The summed E-state index contributed by atoms with van der Waals surface area (Å²) < 4.78 is 0. The number of nitro groups is 1. The van der Waals surface area contributed by atoms with Crippen LogP contribution in [0, 0.1) is 16.0 Å². The molecule has 0 radical (unpaired) electrons. The normalized spacial score (nSPS) is 17.4. The maximum Gasteiger partial charge on any atom is 0.269 e. The second-order valence-corrected chi connectivity index (χ2v) is 8.40. The Morgan fingerprint density at radius 1 is 1.17 bits per heavy atom. The van der Waals surface area contributed by atoms with Crippen molar-refractivity contribution in [3.05, 3.63) is 64.7 Å². The molecular formula is C21H23N3O4S. The molecule has 1 heterocycles. The van der Waals surface area contributed by atoms with Crippen LogP contribution in [0.2, 0.25) is 0 Å². The summed E-state index contributed by atoms with van der Waals surface area (Å²) in [6.07, 6.45) is 1.54. The van der Waals surface area contributed by atoms with Crippen LogP contribution in [-0.2, 0) is 9.59 Å². The van der Waals surface area contributed by atoms with Gasteiger partial charge in [0, 0.05) is 35.8 Å². The summed E-state index contributed by atoms with van der Waals surface area (Å²) in [4.78, 5) is 38.3. The van der Waals surface area contributed by atoms with Gasteiger partial charge >= 0.3 is 0 Å². The van der Waals surface area contributed by atoms with Gasteiger partial charge < -0.3 is 10.2 Å². The van der Waals surface area contributed by atoms with Crippen LogP contribution in [0.3, 0.4) is 0 Å². The van der Waals surface area contributed by atoms with E-state index in [2.05, 4.69) is 5.32 Å². The average molecular weight is 413 g/mol. The van der Waals surface area contributed by atoms with Crippen LogP contribution in [0.5, 0.6) is 0 Å². The summed E-state index contributed by atoms with van der Waals surface area (Å²) in [7, 11) is 0. The Hall–Kier alpha value is -2.87. The van der Waals surface area contributed by atoms with E-state index < -0.39 is 4.92 Å². The smallest absolute Gasteiger partial charge is 0.269 e. The predicted octanol–water partition coefficient (Wildman–Crippen LogP) is 3.95. The highest BCUT2D eigenvalue weighted by Gasteiger charge is 2.30. The van der Waals surface area contributed by atoms with Crippen molar-refractivity contribution in [2.75, 3.05) is 18.4 Å². The van der Waals surface area contributed by atoms with Crippen LogP contribution in [0.25, 0.3) is 0 Å². The highest BCUT2D eigenvalue weighted by molar-refractivity contribution is 8.00. The quantitative estimate of drug-likeness (QED) is 0.440. The summed E-state index contributed by atoms with van der Waals surface area (Å²) >= 11 is 1.36. The van der Waals surface area contributed by atoms with Crippen LogP contribution in [0.15, 0.2) is 59.5 Å². The number of hydrogen-bond donors (Lipinski definition) is 1. The summed E-state index contributed by atoms with van der Waals surface area (Å²) in [5.74, 6) is -0.320. The predicted molar refractivity (Wildman–Crippen MR) is 113 cm³/mol. The molecule has 0 aromatic heterocycles. The minimum atomic E-state index is -0.447. The molecule has 1 aliphatic heterocycles. The van der Waals surface area contributed by atoms with Crippen LogP contribution in [0.1, 0.15) is 19.8 Å². The lowest BCUT2D eigenvalue weighted by Gasteiger charge is -2.33. The van der Waals surface area contributed by atoms with Crippen molar-refractivity contribution in [3.8, 4) is 0 Å². The number of non-ortho nitro benzene ring substituents is 1. The van der Waals surface area contributed by atoms with Gasteiger partial charge in [0.15, 0.2) is 0 Å². The number of nitrogens with zero attached hydrogens (tertiary/aromatic N) is 2. The van der Waals surface area contributed by atoms with E-state index in [-0.39, 0.29) is 28.7 Å². The summed E-state index contributed by atoms with van der Waals surface area (Å²) in [5.41, 5.74) is 0.777. The standard InChI is InChI=1S/C21H23N3O4S/c1-15(29-19-11-9-18(10-12-19)24(27)28)21(26)23-13-5-6-16(14-23)20(25)22-17-7-3-2-4-8-17/h2-4,7-12,15-16H,5-6,13-14H2,1H3,(H,22,25)/t15-,16-/m1/s1. The molecule has 8 heteroatoms. The molecule has 0 bridgehead atoms. The lowest BCUT2D eigenvalue weighted by molar-refractivity contribution is -0.384. The van der Waals surface area contributed by atoms with E-state index in [0.29, 0.717) is 13.1 Å². The van der Waals surface area contributed by atoms with Gasteiger partial charge in [-0.3, -0.25) is 19.7 Å². The minimum Gasteiger partial charge on any atom is -0.341 e. The Balaban J connectivity index is 1.56. The molecule has 1 aliphatic rings. The molecule has 0 saturated carbocycles. The minimum absolute atomic E-state index is 0.0226. The van der Waals surface area contributed by atoms with Crippen LogP contribution in [-0.4, -0.2) is 40.0 Å². The van der Waals surface area contributed by atoms with E-state index in [1.807, 2.05) is 37.3 Å². The van der Waals surface area contributed by atoms with Crippen molar-refractivity contribution < 1.29 is 14.5 Å². The molecule has 29 heavy (non-hydrogen) atoms. The van der Waals surface area contributed by atoms with Crippen molar-refractivity contribution in [2.24, 2.45) is 5.92 Å². The van der Waals surface area contributed by atoms with Crippen LogP contribution < -0.4 is 5.32 Å². The number of rotatable bonds is 6. The van der Waals surface area contributed by atoms with Gasteiger partial charge in [-0.1, -0.05) is 18.2 Å². The lowest BCUT2D eigenvalue weighted by atomic mass is 9.96. The summed E-state index contributed by atoms with van der Waals surface area (Å²) in [5, 5.41) is 13.3. The third-order valence-electron chi connectivity index (χ3n) is 4.85. The van der Waals surface area contributed by atoms with Crippen LogP contribution >= 0.6 is 11.8 Å². The molecule has 152 valence electrons. The number of amides is 2. The molecule has 1 saturated heterocycles. The second kappa shape index (κ2) is 9.56. The van der Waals surface area contributed by atoms with Gasteiger partial charge in [-0.25, -0.2) is 0 Å². The van der Waals surface area contributed by atoms with Crippen molar-refractivity contribution >= 4 is 35.0 Å². The Morgan fingerprint density at radius 2 is 1.86 bits per heavy atom. The van der Waals surface area contributed by atoms with Gasteiger partial charge in [-0.05, 0) is 44.0 Å². The molecule has 2 amide bonds. The zero-order chi connectivity index (χ0) is 20.8. The fourth-order valence-corrected chi connectivity index (χ4v) is 4.27. The van der Waals surface area contributed by atoms with E-state index in [1.54, 1.807) is 17.0 Å². The SMILES string of the molecule is C[C@@H](Sc1ccc([N+](=O)[O-])cc1)C(=O)N1CCC[C@@H](C(=O)Nc2ccccc2)C1. The highest BCUT2D eigenvalue weighted by Crippen LogP contribution is 2.28. The van der Waals surface area contributed by atoms with Gasteiger partial charge in [0.2, 0.25) is 11.8 Å². The monoisotopic (exact) mass is 413 g/mol. The first-order valence-corrected chi connectivity index (χ1v) is 10.4. The number of thioether (sulfide) groups is 1. The number of nitrogens with one attached hydrogen (secondary N) is 1. The average Bonchev–Trinajstić information content (AvgIpc) is 2.74. The fraction of sp³-hybridized carbons (Fsp3) is 0.333. The van der Waals surface area contributed by atoms with E-state index in [9.17, 15) is 19.7 Å². The first-order chi connectivity index (χ1) is 13.9. The first kappa shape index (κ1) is 20.9. The van der Waals surface area contributed by atoms with E-state index >= 15 is 0 Å². The largest absolute Gasteiger partial charge is 0.341 e. The molecule has 0 unspecified atom stereocenters. The number of anilines is 1. The van der Waals surface area contributed by atoms with Gasteiger partial charge in [0.25, 0.3) is 5.69 Å². The molecule has 0 aliphatic carbocycles. The highest BCUT2D eigenvalue weighted by atomic mass is 32.2. The van der Waals surface area contributed by atoms with Gasteiger partial charge in [0.05, 0.1) is 16.1 Å². The lowest BCUT2D eigenvalue weighted by Crippen LogP contribution is -2.46. The second-order valence-electron chi connectivity index (χ2n) is 6.99. The molecule has 2 aromatic carbocycles. The number of carbonyl (C=O) groups excluding carboxylic acids is 2. The maximum atomic E-state index is 12.9. The zero-order valence-electron chi connectivity index (χ0n) is 16.1. The number of nitro benzene ring substituents is 1. The van der Waals surface area contributed by atoms with E-state index in [0.717, 1.165) is 23.4 Å². The van der Waals surface area contributed by atoms with Gasteiger partial charge in [0.1, 0.15) is 0 Å². The third kappa shape index (κ3) is 5.57. The number of para-hydroxylation sites is 1. The van der Waals surface area contributed by atoms with Crippen molar-refractivity contribution in [2.45, 2.75) is 29.9 Å². The zero-order valence-corrected chi connectivity index (χ0v) is 16.9. The number of benzene rings is 2. The Kier molecular flexibility index (Phi) is 6.87. The number of carbonyl (C=O) groups is 2. The van der Waals surface area contributed by atoms with Crippen molar-refractivity contribution in [1.82, 2.24) is 4.90 Å². The first-order valence-electron chi connectivity index (χ1n) is 9.50. The molecular weight excluding hydrogens is 390 g/mol. The van der Waals surface area contributed by atoms with Gasteiger partial charge in [-0.2, -0.15) is 0 Å². The fourth-order valence-electron chi connectivity index (χ4n) is 3.32. The maximum absolute atomic E-state index is 12.9. The molecule has 1 fully saturated rings. The number of hydrogen-bond acceptors (Lipinski definition) is 5. The Bertz CT molecular complexity index is 873. The molecule has 3 rings (SSSR count). The molecule has 0 spiro atoms. The third-order valence-corrected chi connectivity index (χ3v) is 5.95. The molecule has 1 N–H and O–H groups in total.